The van der Waals surface area contributed by atoms with Crippen LogP contribution >= 0.6 is 0 Å². The van der Waals surface area contributed by atoms with Gasteiger partial charge in [-0.05, 0) is 93.1 Å². The molecule has 3 aliphatic carbocycles. The molecule has 1 aromatic rings. The molecule has 1 heterocycles. The molecule has 4 atom stereocenters. The minimum atomic E-state index is -5.08. The average Bonchev–Trinajstić information content (AvgIpc) is 3.68. The first-order valence-electron chi connectivity index (χ1n) is 13.9. The van der Waals surface area contributed by atoms with Gasteiger partial charge in [-0.25, -0.2) is 9.59 Å². The zero-order chi connectivity index (χ0) is 31.7. The second kappa shape index (κ2) is 12.6. The van der Waals surface area contributed by atoms with Crippen LogP contribution in [0.2, 0.25) is 0 Å². The summed E-state index contributed by atoms with van der Waals surface area (Å²) in [5.74, 6) is -3.70. The van der Waals surface area contributed by atoms with Gasteiger partial charge in [0.15, 0.2) is 0 Å². The van der Waals surface area contributed by atoms with Gasteiger partial charge < -0.3 is 25.7 Å². The van der Waals surface area contributed by atoms with Crippen LogP contribution in [0, 0.1) is 11.8 Å². The van der Waals surface area contributed by atoms with Gasteiger partial charge in [-0.15, -0.1) is 0 Å². The summed E-state index contributed by atoms with van der Waals surface area (Å²) >= 11 is 0. The molecule has 42 heavy (non-hydrogen) atoms. The van der Waals surface area contributed by atoms with E-state index in [0.29, 0.717) is 17.7 Å². The predicted octanol–water partition coefficient (Wildman–Crippen LogP) is 4.47. The number of carboxylic acid groups (broad SMARTS) is 2. The van der Waals surface area contributed by atoms with E-state index in [-0.39, 0.29) is 11.5 Å². The minimum absolute atomic E-state index is 0.194. The van der Waals surface area contributed by atoms with Crippen molar-refractivity contribution >= 4 is 11.9 Å². The van der Waals surface area contributed by atoms with Crippen LogP contribution in [-0.4, -0.2) is 86.9 Å². The molecule has 14 heteroatoms. The Morgan fingerprint density at radius 3 is 2.10 bits per heavy atom. The normalized spacial score (nSPS) is 28.8. The average molecular weight is 613 g/mol. The molecule has 238 valence electrons. The molecule has 8 nitrogen and oxygen atoms in total. The number of rotatable bonds is 5. The predicted molar refractivity (Wildman–Crippen MR) is 139 cm³/mol. The van der Waals surface area contributed by atoms with Crippen LogP contribution in [0.3, 0.4) is 0 Å². The molecule has 3 fully saturated rings. The number of nitrogens with one attached hydrogen (secondary N) is 1. The number of phenols is 1. The summed E-state index contributed by atoms with van der Waals surface area (Å²) in [5.41, 5.74) is 1.69. The van der Waals surface area contributed by atoms with E-state index in [1.54, 1.807) is 0 Å². The number of halogens is 6. The number of aromatic hydroxyl groups is 1. The standard InChI is InChI=1S/C24H36N2O2.2C2HF3O2/c1-16(2)14-25-19-7-8-23-9-10-26(15-17-3-4-17)22(24(23,28)13-19)11-18-5-6-20(27)12-21(18)23;2*3-2(4,5)1(6)7/h5-6,12,16-17,19,22,25,27-28H,3-4,7-11,13-15H2,1-2H3;2*(H,6,7)/t19-,22+,23-,24+;;/m0../s1. The molecule has 0 spiro atoms. The van der Waals surface area contributed by atoms with Crippen LogP contribution in [-0.2, 0) is 21.4 Å². The van der Waals surface area contributed by atoms with Gasteiger partial charge in [-0.1, -0.05) is 19.9 Å². The maximum absolute atomic E-state index is 12.4. The molecule has 5 N–H and O–H groups in total. The molecule has 0 unspecified atom stereocenters. The van der Waals surface area contributed by atoms with Crippen LogP contribution < -0.4 is 5.32 Å². The number of likely N-dealkylation sites (tertiary alicyclic amines) is 1. The van der Waals surface area contributed by atoms with Gasteiger partial charge in [0, 0.05) is 24.0 Å². The number of aliphatic hydroxyl groups is 1. The molecule has 2 saturated carbocycles. The third kappa shape index (κ3) is 7.67. The van der Waals surface area contributed by atoms with E-state index in [2.05, 4.69) is 30.1 Å². The van der Waals surface area contributed by atoms with Gasteiger partial charge >= 0.3 is 24.3 Å². The number of aliphatic carboxylic acids is 2. The topological polar surface area (TPSA) is 130 Å². The van der Waals surface area contributed by atoms with Crippen molar-refractivity contribution in [3.05, 3.63) is 29.3 Å². The summed E-state index contributed by atoms with van der Waals surface area (Å²) in [4.78, 5) is 20.4. The number of carbonyl (C=O) groups is 2. The van der Waals surface area contributed by atoms with Gasteiger partial charge in [-0.3, -0.25) is 4.90 Å². The van der Waals surface area contributed by atoms with E-state index in [1.807, 2.05) is 12.1 Å². The maximum atomic E-state index is 12.4. The Labute approximate surface area is 239 Å². The molecule has 2 bridgehead atoms. The zero-order valence-electron chi connectivity index (χ0n) is 23.4. The number of fused-ring (bicyclic) bond motifs is 1. The van der Waals surface area contributed by atoms with Crippen molar-refractivity contribution < 1.29 is 56.4 Å². The lowest BCUT2D eigenvalue weighted by Crippen LogP contribution is -2.74. The summed E-state index contributed by atoms with van der Waals surface area (Å²) in [5, 5.41) is 40.6. The summed E-state index contributed by atoms with van der Waals surface area (Å²) in [6, 6.07) is 6.51. The van der Waals surface area contributed by atoms with Crippen molar-refractivity contribution in [1.29, 1.82) is 0 Å². The lowest BCUT2D eigenvalue weighted by Gasteiger charge is -2.65. The van der Waals surface area contributed by atoms with Crippen molar-refractivity contribution in [3.8, 4) is 5.75 Å². The van der Waals surface area contributed by atoms with E-state index in [1.165, 1.54) is 24.0 Å². The van der Waals surface area contributed by atoms with E-state index in [0.717, 1.165) is 57.7 Å². The molecule has 1 aromatic carbocycles. The van der Waals surface area contributed by atoms with Crippen LogP contribution in [0.15, 0.2) is 18.2 Å². The summed E-state index contributed by atoms with van der Waals surface area (Å²) in [7, 11) is 0. The van der Waals surface area contributed by atoms with Crippen molar-refractivity contribution in [2.75, 3.05) is 19.6 Å². The summed E-state index contributed by atoms with van der Waals surface area (Å²) < 4.78 is 63.5. The monoisotopic (exact) mass is 612 g/mol. The minimum Gasteiger partial charge on any atom is -0.508 e. The number of carboxylic acids is 2. The lowest BCUT2D eigenvalue weighted by atomic mass is 9.49. The Morgan fingerprint density at radius 2 is 1.60 bits per heavy atom. The fourth-order valence-electron chi connectivity index (χ4n) is 6.52. The van der Waals surface area contributed by atoms with E-state index < -0.39 is 29.9 Å². The first kappa shape index (κ1) is 33.9. The largest absolute Gasteiger partial charge is 0.508 e. The van der Waals surface area contributed by atoms with Crippen LogP contribution in [0.5, 0.6) is 5.75 Å². The first-order valence-corrected chi connectivity index (χ1v) is 13.9. The fourth-order valence-corrected chi connectivity index (χ4v) is 6.52. The Bertz CT molecular complexity index is 1100. The molecule has 1 aliphatic heterocycles. The maximum Gasteiger partial charge on any atom is 0.490 e. The lowest BCUT2D eigenvalue weighted by molar-refractivity contribution is -0.193. The highest BCUT2D eigenvalue weighted by Crippen LogP contribution is 2.58. The number of benzene rings is 1. The van der Waals surface area contributed by atoms with Crippen molar-refractivity contribution in [3.63, 3.8) is 0 Å². The van der Waals surface area contributed by atoms with Crippen molar-refractivity contribution in [1.82, 2.24) is 10.2 Å². The molecule has 0 radical (unpaired) electrons. The molecule has 4 aliphatic rings. The Kier molecular flexibility index (Phi) is 10.2. The van der Waals surface area contributed by atoms with Gasteiger partial charge in [0.05, 0.1) is 5.60 Å². The number of piperidine rings is 1. The second-order valence-corrected chi connectivity index (χ2v) is 12.1. The highest BCUT2D eigenvalue weighted by Gasteiger charge is 2.64. The first-order chi connectivity index (χ1) is 19.3. The van der Waals surface area contributed by atoms with Gasteiger partial charge in [-0.2, -0.15) is 26.3 Å². The Hall–Kier alpha value is -2.58. The van der Waals surface area contributed by atoms with Gasteiger partial charge in [0.25, 0.3) is 0 Å². The van der Waals surface area contributed by atoms with Crippen LogP contribution in [0.1, 0.15) is 63.5 Å². The molecule has 0 aromatic heterocycles. The third-order valence-corrected chi connectivity index (χ3v) is 8.64. The smallest absolute Gasteiger partial charge is 0.490 e. The van der Waals surface area contributed by atoms with Crippen molar-refractivity contribution in [2.45, 2.75) is 94.2 Å². The van der Waals surface area contributed by atoms with Crippen LogP contribution in [0.25, 0.3) is 0 Å². The van der Waals surface area contributed by atoms with E-state index >= 15 is 0 Å². The van der Waals surface area contributed by atoms with E-state index in [9.17, 15) is 36.6 Å². The number of alkyl halides is 6. The van der Waals surface area contributed by atoms with Crippen molar-refractivity contribution in [2.24, 2.45) is 11.8 Å². The van der Waals surface area contributed by atoms with Gasteiger partial charge in [0.2, 0.25) is 0 Å². The SMILES string of the molecule is CC(C)CN[C@H]1CC[C@]23CCN(CC4CC4)[C@H](Cc4ccc(O)cc42)[C@]3(O)C1.O=C(O)C(F)(F)F.O=C(O)C(F)(F)F. The second-order valence-electron chi connectivity index (χ2n) is 12.1. The fraction of sp³-hybridized carbons (Fsp3) is 0.714. The van der Waals surface area contributed by atoms with E-state index in [4.69, 9.17) is 19.8 Å². The van der Waals surface area contributed by atoms with Gasteiger partial charge in [0.1, 0.15) is 5.75 Å². The third-order valence-electron chi connectivity index (χ3n) is 8.64. The highest BCUT2D eigenvalue weighted by atomic mass is 19.4. The number of phenolic OH excluding ortho intramolecular Hbond substituents is 1. The molecule has 0 amide bonds. The molecular weight excluding hydrogens is 574 g/mol. The Morgan fingerprint density at radius 1 is 1.02 bits per heavy atom. The molecular formula is C28H38F6N2O6. The number of nitrogens with zero attached hydrogens (tertiary/aromatic N) is 1. The number of hydrogen-bond donors (Lipinski definition) is 5. The summed E-state index contributed by atoms with van der Waals surface area (Å²) in [6.07, 6.45) is -2.56. The highest BCUT2D eigenvalue weighted by molar-refractivity contribution is 5.73. The zero-order valence-corrected chi connectivity index (χ0v) is 23.4. The van der Waals surface area contributed by atoms with Crippen LogP contribution in [0.4, 0.5) is 26.3 Å². The number of hydrogen-bond acceptors (Lipinski definition) is 6. The molecule has 1 saturated heterocycles. The summed E-state index contributed by atoms with van der Waals surface area (Å²) in [6.45, 7) is 7.75. The Balaban J connectivity index is 0.000000289. The quantitative estimate of drug-likeness (QED) is 0.308. The molecule has 5 rings (SSSR count).